The molecule has 0 saturated heterocycles. The zero-order valence-electron chi connectivity index (χ0n) is 13.7. The van der Waals surface area contributed by atoms with Gasteiger partial charge in [-0.05, 0) is 42.0 Å². The molecule has 4 rings (SSSR count). The highest BCUT2D eigenvalue weighted by atomic mass is 35.5. The number of para-hydroxylation sites is 1. The van der Waals surface area contributed by atoms with E-state index in [2.05, 4.69) is 0 Å². The van der Waals surface area contributed by atoms with E-state index in [4.69, 9.17) is 11.6 Å². The zero-order chi connectivity index (χ0) is 18.1. The fourth-order valence-electron chi connectivity index (χ4n) is 2.96. The number of thioether (sulfide) groups is 1. The Morgan fingerprint density at radius 3 is 2.15 bits per heavy atom. The molecule has 3 aromatic carbocycles. The molecule has 2 amide bonds. The average Bonchev–Trinajstić information content (AvgIpc) is 2.91. The van der Waals surface area contributed by atoms with Gasteiger partial charge in [-0.15, -0.1) is 11.8 Å². The fraction of sp³-hybridized carbons (Fsp3) is 0.0476. The summed E-state index contributed by atoms with van der Waals surface area (Å²) in [5.41, 5.74) is 2.60. The molecule has 3 nitrogen and oxygen atoms in total. The summed E-state index contributed by atoms with van der Waals surface area (Å²) in [5, 5.41) is 0.691. The second kappa shape index (κ2) is 6.98. The summed E-state index contributed by atoms with van der Waals surface area (Å²) in [6, 6.07) is 22.1. The third-order valence-electron chi connectivity index (χ3n) is 4.18. The van der Waals surface area contributed by atoms with Crippen LogP contribution in [0.5, 0.6) is 0 Å². The van der Waals surface area contributed by atoms with Gasteiger partial charge in [0.05, 0.1) is 16.8 Å². The molecule has 0 bridgehead atoms. The Morgan fingerprint density at radius 2 is 1.46 bits per heavy atom. The van der Waals surface area contributed by atoms with Gasteiger partial charge in [0.1, 0.15) is 0 Å². The second-order valence-corrected chi connectivity index (χ2v) is 7.33. The van der Waals surface area contributed by atoms with Crippen LogP contribution in [0.2, 0.25) is 5.02 Å². The third-order valence-corrected chi connectivity index (χ3v) is 5.55. The highest BCUT2D eigenvalue weighted by molar-refractivity contribution is 7.98. The summed E-state index contributed by atoms with van der Waals surface area (Å²) >= 11 is 7.62. The highest BCUT2D eigenvalue weighted by Crippen LogP contribution is 2.36. The van der Waals surface area contributed by atoms with Crippen LogP contribution in [-0.2, 0) is 5.75 Å². The van der Waals surface area contributed by atoms with E-state index < -0.39 is 0 Å². The van der Waals surface area contributed by atoms with E-state index in [1.807, 2.05) is 48.5 Å². The summed E-state index contributed by atoms with van der Waals surface area (Å²) in [5.74, 6) is 0.142. The molecule has 0 saturated carbocycles. The van der Waals surface area contributed by atoms with Gasteiger partial charge in [-0.1, -0.05) is 48.0 Å². The molecule has 0 unspecified atom stereocenters. The van der Waals surface area contributed by atoms with Crippen molar-refractivity contribution < 1.29 is 9.59 Å². The number of nitrogens with zero attached hydrogens (tertiary/aromatic N) is 1. The normalized spacial score (nSPS) is 13.2. The minimum atomic E-state index is -0.276. The first kappa shape index (κ1) is 16.9. The number of imide groups is 1. The van der Waals surface area contributed by atoms with E-state index in [1.54, 1.807) is 36.0 Å². The molecule has 0 N–H and O–H groups in total. The Bertz CT molecular complexity index is 983. The maximum atomic E-state index is 12.8. The van der Waals surface area contributed by atoms with Gasteiger partial charge in [0, 0.05) is 15.7 Å². The standard InChI is InChI=1S/C21H14ClNO2S/c22-15-7-5-6-14(12-15)13-26-19-11-4-3-10-18(19)23-20(24)16-8-1-2-9-17(16)21(23)25/h1-12H,13H2. The van der Waals surface area contributed by atoms with Crippen molar-refractivity contribution in [3.63, 3.8) is 0 Å². The predicted molar refractivity (Wildman–Crippen MR) is 105 cm³/mol. The number of carbonyl (C=O) groups is 2. The molecule has 1 heterocycles. The van der Waals surface area contributed by atoms with Crippen molar-refractivity contribution in [2.75, 3.05) is 4.90 Å². The molecule has 0 aliphatic carbocycles. The van der Waals surface area contributed by atoms with E-state index in [1.165, 1.54) is 4.90 Å². The van der Waals surface area contributed by atoms with Crippen LogP contribution in [0, 0.1) is 0 Å². The lowest BCUT2D eigenvalue weighted by Crippen LogP contribution is -2.29. The molecular formula is C21H14ClNO2S. The topological polar surface area (TPSA) is 37.4 Å². The van der Waals surface area contributed by atoms with E-state index in [0.29, 0.717) is 27.6 Å². The molecule has 0 spiro atoms. The Balaban J connectivity index is 1.65. The second-order valence-electron chi connectivity index (χ2n) is 5.88. The number of rotatable bonds is 4. The largest absolute Gasteiger partial charge is 0.268 e. The Hall–Kier alpha value is -2.56. The van der Waals surface area contributed by atoms with E-state index in [-0.39, 0.29) is 11.8 Å². The molecule has 1 aliphatic heterocycles. The summed E-state index contributed by atoms with van der Waals surface area (Å²) in [6.45, 7) is 0. The fourth-order valence-corrected chi connectivity index (χ4v) is 4.16. The van der Waals surface area contributed by atoms with Crippen molar-refractivity contribution in [2.45, 2.75) is 10.6 Å². The molecule has 5 heteroatoms. The van der Waals surface area contributed by atoms with Crippen molar-refractivity contribution in [3.05, 3.63) is 94.5 Å². The molecule has 0 atom stereocenters. The number of fused-ring (bicyclic) bond motifs is 1. The van der Waals surface area contributed by atoms with Crippen molar-refractivity contribution in [1.29, 1.82) is 0 Å². The molecule has 0 aromatic heterocycles. The van der Waals surface area contributed by atoms with Crippen LogP contribution in [0.15, 0.2) is 77.7 Å². The van der Waals surface area contributed by atoms with Gasteiger partial charge in [0.15, 0.2) is 0 Å². The van der Waals surface area contributed by atoms with Crippen LogP contribution in [0.25, 0.3) is 0 Å². The van der Waals surface area contributed by atoms with E-state index >= 15 is 0 Å². The number of carbonyl (C=O) groups excluding carboxylic acids is 2. The maximum Gasteiger partial charge on any atom is 0.266 e. The molecule has 1 aliphatic rings. The van der Waals surface area contributed by atoms with Crippen molar-refractivity contribution in [2.24, 2.45) is 0 Å². The monoisotopic (exact) mass is 379 g/mol. The molecule has 3 aromatic rings. The number of benzene rings is 3. The SMILES string of the molecule is O=C1c2ccccc2C(=O)N1c1ccccc1SCc1cccc(Cl)c1. The number of hydrogen-bond donors (Lipinski definition) is 0. The summed E-state index contributed by atoms with van der Waals surface area (Å²) in [7, 11) is 0. The molecular weight excluding hydrogens is 366 g/mol. The minimum Gasteiger partial charge on any atom is -0.268 e. The Morgan fingerprint density at radius 1 is 0.808 bits per heavy atom. The predicted octanol–water partition coefficient (Wildman–Crippen LogP) is 5.43. The Labute approximate surface area is 160 Å². The van der Waals surface area contributed by atoms with Crippen molar-refractivity contribution in [1.82, 2.24) is 0 Å². The number of halogens is 1. The lowest BCUT2D eigenvalue weighted by molar-refractivity contribution is 0.0925. The van der Waals surface area contributed by atoms with Crippen LogP contribution in [0.4, 0.5) is 5.69 Å². The van der Waals surface area contributed by atoms with Gasteiger partial charge in [-0.2, -0.15) is 0 Å². The van der Waals surface area contributed by atoms with Crippen LogP contribution in [0.3, 0.4) is 0 Å². The molecule has 0 fully saturated rings. The van der Waals surface area contributed by atoms with Crippen LogP contribution >= 0.6 is 23.4 Å². The average molecular weight is 380 g/mol. The molecule has 0 radical (unpaired) electrons. The number of anilines is 1. The quantitative estimate of drug-likeness (QED) is 0.448. The van der Waals surface area contributed by atoms with Gasteiger partial charge in [-0.3, -0.25) is 9.59 Å². The van der Waals surface area contributed by atoms with Crippen LogP contribution in [0.1, 0.15) is 26.3 Å². The first-order valence-electron chi connectivity index (χ1n) is 8.09. The van der Waals surface area contributed by atoms with Crippen molar-refractivity contribution in [3.8, 4) is 0 Å². The number of hydrogen-bond acceptors (Lipinski definition) is 3. The minimum absolute atomic E-state index is 0.276. The summed E-state index contributed by atoms with van der Waals surface area (Å²) in [6.07, 6.45) is 0. The van der Waals surface area contributed by atoms with Gasteiger partial charge in [0.25, 0.3) is 11.8 Å². The lowest BCUT2D eigenvalue weighted by atomic mass is 10.1. The van der Waals surface area contributed by atoms with Gasteiger partial charge >= 0.3 is 0 Å². The molecule has 128 valence electrons. The number of amides is 2. The highest BCUT2D eigenvalue weighted by Gasteiger charge is 2.37. The Kier molecular flexibility index (Phi) is 4.53. The van der Waals surface area contributed by atoms with Gasteiger partial charge in [0.2, 0.25) is 0 Å². The van der Waals surface area contributed by atoms with Crippen molar-refractivity contribution >= 4 is 40.9 Å². The summed E-state index contributed by atoms with van der Waals surface area (Å²) in [4.78, 5) is 27.7. The van der Waals surface area contributed by atoms with Gasteiger partial charge < -0.3 is 0 Å². The first-order valence-corrected chi connectivity index (χ1v) is 9.45. The summed E-state index contributed by atoms with van der Waals surface area (Å²) < 4.78 is 0. The first-order chi connectivity index (χ1) is 12.6. The lowest BCUT2D eigenvalue weighted by Gasteiger charge is -2.17. The van der Waals surface area contributed by atoms with Crippen LogP contribution < -0.4 is 4.90 Å². The van der Waals surface area contributed by atoms with Crippen LogP contribution in [-0.4, -0.2) is 11.8 Å². The maximum absolute atomic E-state index is 12.8. The van der Waals surface area contributed by atoms with E-state index in [0.717, 1.165) is 10.5 Å². The third kappa shape index (κ3) is 3.02. The zero-order valence-corrected chi connectivity index (χ0v) is 15.3. The molecule has 26 heavy (non-hydrogen) atoms. The smallest absolute Gasteiger partial charge is 0.266 e. The van der Waals surface area contributed by atoms with Gasteiger partial charge in [-0.25, -0.2) is 4.90 Å². The van der Waals surface area contributed by atoms with E-state index in [9.17, 15) is 9.59 Å².